The van der Waals surface area contributed by atoms with Crippen molar-refractivity contribution >= 4 is 40.1 Å². The van der Waals surface area contributed by atoms with Crippen molar-refractivity contribution in [2.24, 2.45) is 0 Å². The molecule has 168 valence electrons. The van der Waals surface area contributed by atoms with Crippen LogP contribution in [0, 0.1) is 0 Å². The van der Waals surface area contributed by atoms with E-state index in [1.807, 2.05) is 18.2 Å². The van der Waals surface area contributed by atoms with E-state index in [4.69, 9.17) is 4.98 Å². The molecule has 2 N–H and O–H groups in total. The van der Waals surface area contributed by atoms with Gasteiger partial charge in [0.15, 0.2) is 0 Å². The van der Waals surface area contributed by atoms with Crippen LogP contribution >= 0.6 is 11.8 Å². The molecule has 32 heavy (non-hydrogen) atoms. The lowest BCUT2D eigenvalue weighted by molar-refractivity contribution is 0.0923. The molecule has 0 aliphatic heterocycles. The van der Waals surface area contributed by atoms with Gasteiger partial charge in [0.1, 0.15) is 10.8 Å². The number of thioether (sulfide) groups is 1. The van der Waals surface area contributed by atoms with Crippen LogP contribution in [0.1, 0.15) is 43.0 Å². The molecule has 0 spiro atoms. The minimum Gasteiger partial charge on any atom is -0.377 e. The van der Waals surface area contributed by atoms with Crippen LogP contribution in [-0.2, 0) is 0 Å². The van der Waals surface area contributed by atoms with Gasteiger partial charge in [0.05, 0.1) is 11.1 Å². The average molecular weight is 450 g/mol. The molecular weight excluding hydrogens is 418 g/mol. The first-order valence-electron chi connectivity index (χ1n) is 11.3. The summed E-state index contributed by atoms with van der Waals surface area (Å²) in [6.07, 6.45) is 5.65. The number of benzene rings is 1. The third-order valence-electron chi connectivity index (χ3n) is 5.89. The number of para-hydroxylation sites is 1. The zero-order valence-electron chi connectivity index (χ0n) is 19.0. The standard InChI is InChI=1S/C25H31N5OS/c1-4-32-25-20(9-7-15-26-25)24(31)28-18-13-11-17(12-14-18)27-23-16-22(30(2)3)19-8-5-6-10-21(19)29-23/h5-10,15-18H,4,11-14H2,1-3H3,(H,27,29)(H,28,31). The second-order valence-electron chi connectivity index (χ2n) is 8.39. The number of rotatable bonds is 7. The van der Waals surface area contributed by atoms with E-state index in [0.29, 0.717) is 11.6 Å². The molecule has 1 aromatic carbocycles. The summed E-state index contributed by atoms with van der Waals surface area (Å²) in [6.45, 7) is 2.07. The Morgan fingerprint density at radius 1 is 1.09 bits per heavy atom. The van der Waals surface area contributed by atoms with Gasteiger partial charge in [-0.2, -0.15) is 0 Å². The van der Waals surface area contributed by atoms with Crippen molar-refractivity contribution in [2.75, 3.05) is 30.1 Å². The maximum Gasteiger partial charge on any atom is 0.254 e. The molecule has 0 radical (unpaired) electrons. The van der Waals surface area contributed by atoms with Gasteiger partial charge in [-0.15, -0.1) is 11.8 Å². The highest BCUT2D eigenvalue weighted by Crippen LogP contribution is 2.29. The summed E-state index contributed by atoms with van der Waals surface area (Å²) in [4.78, 5) is 24.1. The molecule has 1 fully saturated rings. The number of aromatic nitrogens is 2. The molecule has 2 heterocycles. The van der Waals surface area contributed by atoms with E-state index < -0.39 is 0 Å². The first kappa shape index (κ1) is 22.4. The fourth-order valence-electron chi connectivity index (χ4n) is 4.27. The van der Waals surface area contributed by atoms with Crippen LogP contribution in [0.2, 0.25) is 0 Å². The van der Waals surface area contributed by atoms with Gasteiger partial charge < -0.3 is 15.5 Å². The molecule has 2 aromatic heterocycles. The summed E-state index contributed by atoms with van der Waals surface area (Å²) in [5.74, 6) is 1.79. The molecule has 0 unspecified atom stereocenters. The number of fused-ring (bicyclic) bond motifs is 1. The number of nitrogens with zero attached hydrogens (tertiary/aromatic N) is 3. The first-order chi connectivity index (χ1) is 15.5. The molecule has 7 heteroatoms. The normalized spacial score (nSPS) is 18.3. The Labute approximate surface area is 194 Å². The van der Waals surface area contributed by atoms with E-state index in [0.717, 1.165) is 58.9 Å². The van der Waals surface area contributed by atoms with Gasteiger partial charge in [0, 0.05) is 49.5 Å². The summed E-state index contributed by atoms with van der Waals surface area (Å²) in [5.41, 5.74) is 2.84. The fourth-order valence-corrected chi connectivity index (χ4v) is 5.00. The van der Waals surface area contributed by atoms with Gasteiger partial charge in [-0.3, -0.25) is 4.79 Å². The summed E-state index contributed by atoms with van der Waals surface area (Å²) in [5, 5.41) is 8.83. The zero-order valence-corrected chi connectivity index (χ0v) is 19.8. The van der Waals surface area contributed by atoms with E-state index in [9.17, 15) is 4.79 Å². The van der Waals surface area contributed by atoms with Gasteiger partial charge in [0.2, 0.25) is 0 Å². The van der Waals surface area contributed by atoms with Crippen LogP contribution in [0.15, 0.2) is 53.7 Å². The molecular formula is C25H31N5OS. The maximum atomic E-state index is 12.8. The lowest BCUT2D eigenvalue weighted by Gasteiger charge is -2.30. The summed E-state index contributed by atoms with van der Waals surface area (Å²) in [7, 11) is 4.12. The summed E-state index contributed by atoms with van der Waals surface area (Å²) >= 11 is 1.61. The van der Waals surface area contributed by atoms with E-state index in [1.54, 1.807) is 18.0 Å². The van der Waals surface area contributed by atoms with Gasteiger partial charge in [-0.25, -0.2) is 9.97 Å². The number of hydrogen-bond donors (Lipinski definition) is 2. The predicted octanol–water partition coefficient (Wildman–Crippen LogP) is 4.96. The minimum atomic E-state index is -0.0164. The van der Waals surface area contributed by atoms with E-state index in [-0.39, 0.29) is 11.9 Å². The fraction of sp³-hybridized carbons (Fsp3) is 0.400. The number of hydrogen-bond acceptors (Lipinski definition) is 6. The largest absolute Gasteiger partial charge is 0.377 e. The van der Waals surface area contributed by atoms with Crippen LogP contribution in [0.25, 0.3) is 10.9 Å². The molecule has 0 bridgehead atoms. The molecule has 4 rings (SSSR count). The van der Waals surface area contributed by atoms with E-state index in [1.165, 1.54) is 0 Å². The van der Waals surface area contributed by atoms with Crippen molar-refractivity contribution in [3.63, 3.8) is 0 Å². The van der Waals surface area contributed by atoms with Crippen LogP contribution in [0.5, 0.6) is 0 Å². The summed E-state index contributed by atoms with van der Waals surface area (Å²) in [6, 6.07) is 14.6. The Morgan fingerprint density at radius 2 is 1.84 bits per heavy atom. The molecule has 0 atom stereocenters. The molecule has 1 aliphatic carbocycles. The van der Waals surface area contributed by atoms with E-state index >= 15 is 0 Å². The van der Waals surface area contributed by atoms with Gasteiger partial charge in [-0.05, 0) is 49.6 Å². The molecule has 0 saturated heterocycles. The Morgan fingerprint density at radius 3 is 2.59 bits per heavy atom. The highest BCUT2D eigenvalue weighted by atomic mass is 32.2. The Hall–Kier alpha value is -2.80. The first-order valence-corrected chi connectivity index (χ1v) is 12.3. The minimum absolute atomic E-state index is 0.0164. The molecule has 1 saturated carbocycles. The molecule has 6 nitrogen and oxygen atoms in total. The summed E-state index contributed by atoms with van der Waals surface area (Å²) < 4.78 is 0. The topological polar surface area (TPSA) is 70.2 Å². The van der Waals surface area contributed by atoms with Crippen molar-refractivity contribution in [1.82, 2.24) is 15.3 Å². The third kappa shape index (κ3) is 5.15. The Balaban J connectivity index is 1.37. The van der Waals surface area contributed by atoms with Crippen molar-refractivity contribution < 1.29 is 4.79 Å². The number of anilines is 2. The monoisotopic (exact) mass is 449 g/mol. The maximum absolute atomic E-state index is 12.8. The zero-order chi connectivity index (χ0) is 22.5. The third-order valence-corrected chi connectivity index (χ3v) is 6.77. The van der Waals surface area contributed by atoms with Gasteiger partial charge in [-0.1, -0.05) is 25.1 Å². The van der Waals surface area contributed by atoms with Gasteiger partial charge in [0.25, 0.3) is 5.91 Å². The van der Waals surface area contributed by atoms with Crippen molar-refractivity contribution in [1.29, 1.82) is 0 Å². The van der Waals surface area contributed by atoms with Crippen LogP contribution in [0.3, 0.4) is 0 Å². The number of pyridine rings is 2. The number of carbonyl (C=O) groups excluding carboxylic acids is 1. The smallest absolute Gasteiger partial charge is 0.254 e. The van der Waals surface area contributed by atoms with Crippen LogP contribution < -0.4 is 15.5 Å². The Kier molecular flexibility index (Phi) is 7.15. The quantitative estimate of drug-likeness (QED) is 0.497. The van der Waals surface area contributed by atoms with E-state index in [2.05, 4.69) is 65.8 Å². The number of amides is 1. The van der Waals surface area contributed by atoms with Gasteiger partial charge >= 0.3 is 0 Å². The van der Waals surface area contributed by atoms with Crippen LogP contribution in [-0.4, -0.2) is 47.8 Å². The van der Waals surface area contributed by atoms with Crippen molar-refractivity contribution in [3.05, 3.63) is 54.2 Å². The average Bonchev–Trinajstić information content (AvgIpc) is 2.80. The second-order valence-corrected chi connectivity index (χ2v) is 9.65. The lowest BCUT2D eigenvalue weighted by Crippen LogP contribution is -2.40. The highest BCUT2D eigenvalue weighted by Gasteiger charge is 2.24. The molecule has 3 aromatic rings. The molecule has 1 amide bonds. The molecule has 1 aliphatic rings. The second kappa shape index (κ2) is 10.2. The Bertz CT molecular complexity index is 1080. The van der Waals surface area contributed by atoms with Crippen LogP contribution in [0.4, 0.5) is 11.5 Å². The highest BCUT2D eigenvalue weighted by molar-refractivity contribution is 7.99. The van der Waals surface area contributed by atoms with Crippen molar-refractivity contribution in [3.8, 4) is 0 Å². The lowest BCUT2D eigenvalue weighted by atomic mass is 9.91. The predicted molar refractivity (Wildman–Crippen MR) is 134 cm³/mol. The van der Waals surface area contributed by atoms with Crippen molar-refractivity contribution in [2.45, 2.75) is 49.7 Å². The number of carbonyl (C=O) groups is 1. The SMILES string of the molecule is CCSc1ncccc1C(=O)NC1CCC(Nc2cc(N(C)C)c3ccccc3n2)CC1. The number of nitrogens with one attached hydrogen (secondary N) is 2.